The molecule has 0 aliphatic rings. The van der Waals surface area contributed by atoms with Gasteiger partial charge in [0, 0.05) is 20.0 Å². The second-order valence-corrected chi connectivity index (χ2v) is 4.24. The monoisotopic (exact) mass is 215 g/mol. The molecule has 86 valence electrons. The highest BCUT2D eigenvalue weighted by Crippen LogP contribution is 2.09. The molecular weight excluding hydrogens is 198 g/mol. The molecular formula is C10H17NO4. The van der Waals surface area contributed by atoms with Crippen LogP contribution in [0.4, 0.5) is 4.79 Å². The van der Waals surface area contributed by atoms with Crippen molar-refractivity contribution >= 4 is 18.2 Å². The van der Waals surface area contributed by atoms with E-state index in [1.807, 2.05) is 0 Å². The summed E-state index contributed by atoms with van der Waals surface area (Å²) in [4.78, 5) is 33.3. The Morgan fingerprint density at radius 1 is 1.33 bits per heavy atom. The summed E-state index contributed by atoms with van der Waals surface area (Å²) in [5, 5.41) is 0. The lowest BCUT2D eigenvalue weighted by molar-refractivity contribution is -0.130. The molecule has 0 aliphatic heterocycles. The Kier molecular flexibility index (Phi) is 4.97. The van der Waals surface area contributed by atoms with Gasteiger partial charge in [-0.25, -0.2) is 4.79 Å². The van der Waals surface area contributed by atoms with Crippen molar-refractivity contribution in [3.63, 3.8) is 0 Å². The number of carbonyl (C=O) groups excluding carboxylic acids is 3. The second-order valence-electron chi connectivity index (χ2n) is 4.24. The van der Waals surface area contributed by atoms with Gasteiger partial charge in [-0.1, -0.05) is 0 Å². The number of hydrogen-bond acceptors (Lipinski definition) is 4. The minimum absolute atomic E-state index is 0.0270. The van der Waals surface area contributed by atoms with Crippen LogP contribution in [0, 0.1) is 0 Å². The zero-order valence-corrected chi connectivity index (χ0v) is 9.57. The number of Topliss-reactive ketones (excluding diaryl/α,β-unsaturated/α-hetero) is 1. The van der Waals surface area contributed by atoms with Gasteiger partial charge >= 0.3 is 6.09 Å². The fourth-order valence-electron chi connectivity index (χ4n) is 0.768. The van der Waals surface area contributed by atoms with Crippen molar-refractivity contribution in [2.45, 2.75) is 32.8 Å². The standard InChI is InChI=1S/C10H17NO4/c1-10(2,3)15-9(14)11(4)6-5-8(13)7-12/h7H,5-6H2,1-4H3. The highest BCUT2D eigenvalue weighted by atomic mass is 16.6. The molecule has 0 aromatic heterocycles. The molecule has 15 heavy (non-hydrogen) atoms. The van der Waals surface area contributed by atoms with Crippen LogP contribution in [-0.2, 0) is 14.3 Å². The number of aldehydes is 1. The third-order valence-corrected chi connectivity index (χ3v) is 1.53. The molecule has 0 radical (unpaired) electrons. The van der Waals surface area contributed by atoms with Gasteiger partial charge in [0.1, 0.15) is 5.60 Å². The van der Waals surface area contributed by atoms with Gasteiger partial charge in [0.05, 0.1) is 0 Å². The lowest BCUT2D eigenvalue weighted by Gasteiger charge is -2.24. The van der Waals surface area contributed by atoms with Crippen LogP contribution in [0.15, 0.2) is 0 Å². The summed E-state index contributed by atoms with van der Waals surface area (Å²) in [6, 6.07) is 0. The van der Waals surface area contributed by atoms with Gasteiger partial charge < -0.3 is 9.64 Å². The molecule has 0 aromatic rings. The fraction of sp³-hybridized carbons (Fsp3) is 0.700. The Labute approximate surface area is 89.4 Å². The smallest absolute Gasteiger partial charge is 0.410 e. The first-order chi connectivity index (χ1) is 6.76. The largest absolute Gasteiger partial charge is 0.444 e. The average molecular weight is 215 g/mol. The molecule has 0 spiro atoms. The van der Waals surface area contributed by atoms with Crippen molar-refractivity contribution in [3.8, 4) is 0 Å². The van der Waals surface area contributed by atoms with E-state index in [4.69, 9.17) is 4.74 Å². The summed E-state index contributed by atoms with van der Waals surface area (Å²) < 4.78 is 5.05. The van der Waals surface area contributed by atoms with Gasteiger partial charge in [0.2, 0.25) is 0 Å². The highest BCUT2D eigenvalue weighted by Gasteiger charge is 2.19. The maximum atomic E-state index is 11.4. The van der Waals surface area contributed by atoms with Crippen molar-refractivity contribution in [2.24, 2.45) is 0 Å². The van der Waals surface area contributed by atoms with E-state index in [-0.39, 0.29) is 19.3 Å². The highest BCUT2D eigenvalue weighted by molar-refractivity contribution is 6.24. The third-order valence-electron chi connectivity index (χ3n) is 1.53. The number of amides is 1. The van der Waals surface area contributed by atoms with Crippen LogP contribution in [-0.4, -0.2) is 42.3 Å². The van der Waals surface area contributed by atoms with Gasteiger partial charge in [0.25, 0.3) is 0 Å². The van der Waals surface area contributed by atoms with Gasteiger partial charge in [-0.2, -0.15) is 0 Å². The van der Waals surface area contributed by atoms with Gasteiger partial charge in [-0.05, 0) is 20.8 Å². The minimum atomic E-state index is -0.556. The Bertz CT molecular complexity index is 255. The maximum absolute atomic E-state index is 11.4. The first kappa shape index (κ1) is 13.6. The summed E-state index contributed by atoms with van der Waals surface area (Å²) in [5.41, 5.74) is -0.556. The van der Waals surface area contributed by atoms with E-state index in [0.717, 1.165) is 0 Å². The fourth-order valence-corrected chi connectivity index (χ4v) is 0.768. The van der Waals surface area contributed by atoms with Gasteiger partial charge in [-0.3, -0.25) is 9.59 Å². The number of carbonyl (C=O) groups is 3. The number of ketones is 1. The van der Waals surface area contributed by atoms with Crippen molar-refractivity contribution in [3.05, 3.63) is 0 Å². The Hall–Kier alpha value is -1.39. The molecule has 0 atom stereocenters. The molecule has 5 nitrogen and oxygen atoms in total. The van der Waals surface area contributed by atoms with Crippen molar-refractivity contribution in [1.29, 1.82) is 0 Å². The number of hydrogen-bond donors (Lipinski definition) is 0. The molecule has 0 unspecified atom stereocenters. The van der Waals surface area contributed by atoms with Crippen LogP contribution in [0.1, 0.15) is 27.2 Å². The normalized spacial score (nSPS) is 10.7. The Balaban J connectivity index is 4.00. The molecule has 0 aliphatic carbocycles. The van der Waals surface area contributed by atoms with Crippen LogP contribution in [0.5, 0.6) is 0 Å². The Morgan fingerprint density at radius 3 is 2.27 bits per heavy atom. The lowest BCUT2D eigenvalue weighted by Crippen LogP contribution is -2.35. The molecule has 0 heterocycles. The molecule has 1 amide bonds. The van der Waals surface area contributed by atoms with E-state index in [1.54, 1.807) is 20.8 Å². The zero-order chi connectivity index (χ0) is 12.1. The van der Waals surface area contributed by atoms with E-state index in [2.05, 4.69) is 0 Å². The summed E-state index contributed by atoms with van der Waals surface area (Å²) in [7, 11) is 1.52. The summed E-state index contributed by atoms with van der Waals surface area (Å²) >= 11 is 0. The summed E-state index contributed by atoms with van der Waals surface area (Å²) in [6.45, 7) is 5.46. The van der Waals surface area contributed by atoms with Crippen LogP contribution < -0.4 is 0 Å². The van der Waals surface area contributed by atoms with Crippen molar-refractivity contribution < 1.29 is 19.1 Å². The predicted octanol–water partition coefficient (Wildman–Crippen LogP) is 1.01. The number of ether oxygens (including phenoxy) is 1. The lowest BCUT2D eigenvalue weighted by atomic mass is 10.2. The van der Waals surface area contributed by atoms with Crippen molar-refractivity contribution in [1.82, 2.24) is 4.90 Å². The minimum Gasteiger partial charge on any atom is -0.444 e. The average Bonchev–Trinajstić information content (AvgIpc) is 2.10. The molecule has 0 aromatic carbocycles. The molecule has 0 saturated heterocycles. The molecule has 0 rings (SSSR count). The van der Waals surface area contributed by atoms with E-state index in [1.165, 1.54) is 11.9 Å². The predicted molar refractivity (Wildman–Crippen MR) is 54.6 cm³/mol. The zero-order valence-electron chi connectivity index (χ0n) is 9.57. The third kappa shape index (κ3) is 6.65. The van der Waals surface area contributed by atoms with Gasteiger partial charge in [0.15, 0.2) is 12.1 Å². The van der Waals surface area contributed by atoms with E-state index in [0.29, 0.717) is 0 Å². The molecule has 0 bridgehead atoms. The molecule has 5 heteroatoms. The summed E-state index contributed by atoms with van der Waals surface area (Å²) in [6.07, 6.45) is -0.219. The molecule has 0 N–H and O–H groups in total. The SMILES string of the molecule is CN(CCC(=O)C=O)C(=O)OC(C)(C)C. The van der Waals surface area contributed by atoms with Crippen molar-refractivity contribution in [2.75, 3.05) is 13.6 Å². The molecule has 0 saturated carbocycles. The van der Waals surface area contributed by atoms with E-state index < -0.39 is 17.5 Å². The van der Waals surface area contributed by atoms with Crippen LogP contribution >= 0.6 is 0 Å². The van der Waals surface area contributed by atoms with E-state index in [9.17, 15) is 14.4 Å². The first-order valence-electron chi connectivity index (χ1n) is 4.68. The number of rotatable bonds is 4. The van der Waals surface area contributed by atoms with Gasteiger partial charge in [-0.15, -0.1) is 0 Å². The quantitative estimate of drug-likeness (QED) is 0.518. The first-order valence-corrected chi connectivity index (χ1v) is 4.68. The summed E-state index contributed by atoms with van der Waals surface area (Å²) in [5.74, 6) is -0.523. The topological polar surface area (TPSA) is 63.7 Å². The maximum Gasteiger partial charge on any atom is 0.410 e. The van der Waals surface area contributed by atoms with Crippen LogP contribution in [0.3, 0.4) is 0 Å². The van der Waals surface area contributed by atoms with Crippen LogP contribution in [0.2, 0.25) is 0 Å². The van der Waals surface area contributed by atoms with E-state index >= 15 is 0 Å². The second kappa shape index (κ2) is 5.48. The Morgan fingerprint density at radius 2 is 1.87 bits per heavy atom. The molecule has 0 fully saturated rings. The number of nitrogens with zero attached hydrogens (tertiary/aromatic N) is 1. The van der Waals surface area contributed by atoms with Crippen LogP contribution in [0.25, 0.3) is 0 Å².